The molecule has 29 heavy (non-hydrogen) atoms. The van der Waals surface area contributed by atoms with Crippen LogP contribution in [0.1, 0.15) is 24.9 Å². The van der Waals surface area contributed by atoms with Crippen molar-refractivity contribution in [3.8, 4) is 11.3 Å². The zero-order chi connectivity index (χ0) is 20.5. The SMILES string of the molecule is CC(N)c1ccnc2c(F)cc(-c3nc(N[C@@H]4CCOC[C@H]4O)ncc3F)cc12. The molecule has 152 valence electrons. The Kier molecular flexibility index (Phi) is 5.35. The van der Waals surface area contributed by atoms with Crippen LogP contribution >= 0.6 is 0 Å². The summed E-state index contributed by atoms with van der Waals surface area (Å²) in [5.41, 5.74) is 7.07. The molecule has 1 aromatic carbocycles. The lowest BCUT2D eigenvalue weighted by molar-refractivity contribution is -0.0136. The molecule has 3 heterocycles. The first-order valence-corrected chi connectivity index (χ1v) is 9.33. The molecule has 4 N–H and O–H groups in total. The Morgan fingerprint density at radius 2 is 2.10 bits per heavy atom. The van der Waals surface area contributed by atoms with Gasteiger partial charge in [-0.3, -0.25) is 4.98 Å². The zero-order valence-electron chi connectivity index (χ0n) is 15.8. The van der Waals surface area contributed by atoms with Gasteiger partial charge in [0.25, 0.3) is 0 Å². The summed E-state index contributed by atoms with van der Waals surface area (Å²) >= 11 is 0. The van der Waals surface area contributed by atoms with Crippen LogP contribution in [-0.4, -0.2) is 45.4 Å². The van der Waals surface area contributed by atoms with Gasteiger partial charge in [-0.15, -0.1) is 0 Å². The maximum absolute atomic E-state index is 14.7. The summed E-state index contributed by atoms with van der Waals surface area (Å²) in [5.74, 6) is -1.13. The molecule has 0 aliphatic carbocycles. The Bertz CT molecular complexity index is 1050. The van der Waals surface area contributed by atoms with Crippen LogP contribution in [0.2, 0.25) is 0 Å². The Labute approximate surface area is 166 Å². The van der Waals surface area contributed by atoms with E-state index in [4.69, 9.17) is 10.5 Å². The van der Waals surface area contributed by atoms with Crippen molar-refractivity contribution in [2.75, 3.05) is 18.5 Å². The maximum atomic E-state index is 14.7. The standard InChI is InChI=1S/C20H21F2N5O2/c1-10(23)12-2-4-24-19-13(12)6-11(7-14(19)21)18-15(22)8-25-20(27-18)26-16-3-5-29-9-17(16)28/h2,4,6-8,10,16-17,28H,3,5,9,23H2,1H3,(H,25,26,27)/t10?,16-,17-/m1/s1. The molecule has 1 aliphatic heterocycles. The first-order chi connectivity index (χ1) is 13.9. The van der Waals surface area contributed by atoms with E-state index in [1.54, 1.807) is 19.1 Å². The number of anilines is 1. The highest BCUT2D eigenvalue weighted by molar-refractivity contribution is 5.87. The molecular weight excluding hydrogens is 380 g/mol. The van der Waals surface area contributed by atoms with E-state index in [0.717, 1.165) is 6.20 Å². The van der Waals surface area contributed by atoms with Gasteiger partial charge in [0.1, 0.15) is 17.0 Å². The number of benzene rings is 1. The van der Waals surface area contributed by atoms with Crippen LogP contribution in [0.5, 0.6) is 0 Å². The Balaban J connectivity index is 1.76. The average Bonchev–Trinajstić information content (AvgIpc) is 2.70. The van der Waals surface area contributed by atoms with Crippen LogP contribution in [0.3, 0.4) is 0 Å². The third-order valence-electron chi connectivity index (χ3n) is 4.98. The molecule has 4 rings (SSSR count). The molecule has 0 radical (unpaired) electrons. The predicted octanol–water partition coefficient (Wildman–Crippen LogP) is 2.55. The number of ether oxygens (including phenoxy) is 1. The lowest BCUT2D eigenvalue weighted by Gasteiger charge is -2.28. The number of rotatable bonds is 4. The van der Waals surface area contributed by atoms with Crippen LogP contribution in [-0.2, 0) is 4.74 Å². The minimum Gasteiger partial charge on any atom is -0.389 e. The smallest absolute Gasteiger partial charge is 0.223 e. The Morgan fingerprint density at radius 3 is 2.86 bits per heavy atom. The molecule has 1 aliphatic rings. The molecule has 1 unspecified atom stereocenters. The molecule has 9 heteroatoms. The predicted molar refractivity (Wildman–Crippen MR) is 104 cm³/mol. The summed E-state index contributed by atoms with van der Waals surface area (Å²) in [6, 6.07) is 3.87. The molecule has 0 saturated carbocycles. The van der Waals surface area contributed by atoms with E-state index < -0.39 is 17.7 Å². The molecule has 1 fully saturated rings. The van der Waals surface area contributed by atoms with E-state index >= 15 is 0 Å². The van der Waals surface area contributed by atoms with Gasteiger partial charge in [-0.1, -0.05) is 0 Å². The number of fused-ring (bicyclic) bond motifs is 1. The van der Waals surface area contributed by atoms with Crippen molar-refractivity contribution in [1.29, 1.82) is 0 Å². The molecule has 3 aromatic rings. The molecule has 3 atom stereocenters. The van der Waals surface area contributed by atoms with Gasteiger partial charge in [0, 0.05) is 29.8 Å². The Morgan fingerprint density at radius 1 is 1.28 bits per heavy atom. The lowest BCUT2D eigenvalue weighted by Crippen LogP contribution is -2.42. The fraction of sp³-hybridized carbons (Fsp3) is 0.350. The number of halogens is 2. The number of aromatic nitrogens is 3. The van der Waals surface area contributed by atoms with Crippen LogP contribution in [0.15, 0.2) is 30.6 Å². The van der Waals surface area contributed by atoms with Crippen molar-refractivity contribution < 1.29 is 18.6 Å². The second-order valence-electron chi connectivity index (χ2n) is 7.12. The number of aliphatic hydroxyl groups excluding tert-OH is 1. The van der Waals surface area contributed by atoms with Gasteiger partial charge in [0.2, 0.25) is 5.95 Å². The highest BCUT2D eigenvalue weighted by atomic mass is 19.1. The largest absolute Gasteiger partial charge is 0.389 e. The van der Waals surface area contributed by atoms with Crippen LogP contribution in [0, 0.1) is 11.6 Å². The number of pyridine rings is 1. The van der Waals surface area contributed by atoms with Gasteiger partial charge in [0.15, 0.2) is 5.82 Å². The minimum atomic E-state index is -0.723. The number of hydrogen-bond donors (Lipinski definition) is 3. The van der Waals surface area contributed by atoms with Crippen molar-refractivity contribution in [3.05, 3.63) is 47.8 Å². The second kappa shape index (κ2) is 7.94. The number of nitrogens with zero attached hydrogens (tertiary/aromatic N) is 3. The van der Waals surface area contributed by atoms with Crippen molar-refractivity contribution in [2.45, 2.75) is 31.5 Å². The average molecular weight is 401 g/mol. The van der Waals surface area contributed by atoms with Crippen molar-refractivity contribution in [1.82, 2.24) is 15.0 Å². The fourth-order valence-electron chi connectivity index (χ4n) is 3.46. The van der Waals surface area contributed by atoms with E-state index in [2.05, 4.69) is 20.3 Å². The summed E-state index contributed by atoms with van der Waals surface area (Å²) in [5, 5.41) is 13.5. The van der Waals surface area contributed by atoms with E-state index in [1.807, 2.05) is 0 Å². The van der Waals surface area contributed by atoms with Crippen molar-refractivity contribution in [3.63, 3.8) is 0 Å². The molecule has 0 spiro atoms. The van der Waals surface area contributed by atoms with Crippen molar-refractivity contribution in [2.24, 2.45) is 5.73 Å². The summed E-state index contributed by atoms with van der Waals surface area (Å²) in [6.07, 6.45) is 2.36. The summed E-state index contributed by atoms with van der Waals surface area (Å²) in [6.45, 7) is 2.48. The summed E-state index contributed by atoms with van der Waals surface area (Å²) in [7, 11) is 0. The highest BCUT2D eigenvalue weighted by Crippen LogP contribution is 2.30. The first kappa shape index (κ1) is 19.6. The summed E-state index contributed by atoms with van der Waals surface area (Å²) in [4.78, 5) is 12.2. The number of nitrogens with two attached hydrogens (primary N) is 1. The van der Waals surface area contributed by atoms with Gasteiger partial charge >= 0.3 is 0 Å². The molecule has 0 amide bonds. The van der Waals surface area contributed by atoms with Crippen molar-refractivity contribution >= 4 is 16.9 Å². The topological polar surface area (TPSA) is 106 Å². The first-order valence-electron chi connectivity index (χ1n) is 9.33. The third-order valence-corrected chi connectivity index (χ3v) is 4.98. The van der Waals surface area contributed by atoms with Crippen LogP contribution in [0.4, 0.5) is 14.7 Å². The molecule has 2 aromatic heterocycles. The van der Waals surface area contributed by atoms with E-state index in [1.165, 1.54) is 12.3 Å². The fourth-order valence-corrected chi connectivity index (χ4v) is 3.46. The van der Waals surface area contributed by atoms with E-state index in [-0.39, 0.29) is 41.4 Å². The minimum absolute atomic E-state index is 0.0515. The monoisotopic (exact) mass is 401 g/mol. The van der Waals surface area contributed by atoms with Crippen LogP contribution < -0.4 is 11.1 Å². The Hall–Kier alpha value is -2.75. The quantitative estimate of drug-likeness (QED) is 0.617. The van der Waals surface area contributed by atoms with Gasteiger partial charge in [0.05, 0.1) is 24.9 Å². The van der Waals surface area contributed by atoms with Gasteiger partial charge < -0.3 is 20.9 Å². The zero-order valence-corrected chi connectivity index (χ0v) is 15.8. The number of aliphatic hydroxyl groups is 1. The maximum Gasteiger partial charge on any atom is 0.223 e. The second-order valence-corrected chi connectivity index (χ2v) is 7.12. The van der Waals surface area contributed by atoms with Gasteiger partial charge in [-0.05, 0) is 37.1 Å². The molecule has 7 nitrogen and oxygen atoms in total. The highest BCUT2D eigenvalue weighted by Gasteiger charge is 2.25. The summed E-state index contributed by atoms with van der Waals surface area (Å²) < 4.78 is 34.4. The van der Waals surface area contributed by atoms with Gasteiger partial charge in [-0.25, -0.2) is 18.7 Å². The molecule has 1 saturated heterocycles. The molecule has 0 bridgehead atoms. The number of hydrogen-bond acceptors (Lipinski definition) is 7. The van der Waals surface area contributed by atoms with Gasteiger partial charge in [-0.2, -0.15) is 0 Å². The third kappa shape index (κ3) is 3.89. The van der Waals surface area contributed by atoms with E-state index in [9.17, 15) is 13.9 Å². The lowest BCUT2D eigenvalue weighted by atomic mass is 10.00. The number of nitrogens with one attached hydrogen (secondary N) is 1. The normalized spacial score (nSPS) is 20.6. The van der Waals surface area contributed by atoms with Crippen LogP contribution in [0.25, 0.3) is 22.2 Å². The van der Waals surface area contributed by atoms with E-state index in [0.29, 0.717) is 24.0 Å². The molecular formula is C20H21F2N5O2.